The van der Waals surface area contributed by atoms with Crippen LogP contribution in [-0.4, -0.2) is 28.0 Å². The fraction of sp³-hybridized carbons (Fsp3) is 0.154. The lowest BCUT2D eigenvalue weighted by atomic mass is 10.2. The highest BCUT2D eigenvalue weighted by atomic mass is 35.5. The van der Waals surface area contributed by atoms with Gasteiger partial charge >= 0.3 is 6.18 Å². The van der Waals surface area contributed by atoms with Gasteiger partial charge in [-0.1, -0.05) is 47.5 Å². The van der Waals surface area contributed by atoms with Gasteiger partial charge in [-0.3, -0.25) is 15.0 Å². The Labute approximate surface area is 221 Å². The molecule has 0 bridgehead atoms. The van der Waals surface area contributed by atoms with Crippen LogP contribution in [0.25, 0.3) is 17.8 Å². The molecule has 0 spiro atoms. The van der Waals surface area contributed by atoms with Gasteiger partial charge in [-0.25, -0.2) is 0 Å². The molecule has 3 rings (SSSR count). The zero-order valence-corrected chi connectivity index (χ0v) is 21.6. The Balaban J connectivity index is 0.000000260. The summed E-state index contributed by atoms with van der Waals surface area (Å²) < 4.78 is 37.0. The van der Waals surface area contributed by atoms with Crippen LogP contribution in [0.4, 0.5) is 18.9 Å². The van der Waals surface area contributed by atoms with Crippen molar-refractivity contribution in [3.63, 3.8) is 0 Å². The highest BCUT2D eigenvalue weighted by molar-refractivity contribution is 6.32. The lowest BCUT2D eigenvalue weighted by molar-refractivity contribution is -0.162. The molecular formula is C26H23Cl2F3N4O2. The van der Waals surface area contributed by atoms with E-state index < -0.39 is 12.0 Å². The molecule has 37 heavy (non-hydrogen) atoms. The number of benzene rings is 2. The number of carbonyl (C=O) groups excluding carboxylic acids is 1. The Hall–Kier alpha value is -3.69. The van der Waals surface area contributed by atoms with Crippen molar-refractivity contribution in [2.45, 2.75) is 26.9 Å². The van der Waals surface area contributed by atoms with E-state index in [0.717, 1.165) is 11.1 Å². The average molecular weight is 551 g/mol. The van der Waals surface area contributed by atoms with Crippen LogP contribution in [0.1, 0.15) is 30.5 Å². The minimum atomic E-state index is -4.92. The minimum Gasteiger partial charge on any atom is -0.283 e. The molecule has 0 radical (unpaired) electrons. The van der Waals surface area contributed by atoms with Crippen LogP contribution in [-0.2, 0) is 4.79 Å². The first-order chi connectivity index (χ1) is 17.5. The van der Waals surface area contributed by atoms with Crippen LogP contribution in [0.15, 0.2) is 70.7 Å². The summed E-state index contributed by atoms with van der Waals surface area (Å²) >= 11 is 12.0. The summed E-state index contributed by atoms with van der Waals surface area (Å²) in [6.07, 6.45) is 4.22. The number of hydrogen-bond donors (Lipinski definition) is 1. The van der Waals surface area contributed by atoms with Crippen molar-refractivity contribution in [3.05, 3.63) is 97.9 Å². The Kier molecular flexibility index (Phi) is 10.8. The third kappa shape index (κ3) is 9.04. The minimum absolute atomic E-state index is 0.149. The Morgan fingerprint density at radius 1 is 1.00 bits per heavy atom. The van der Waals surface area contributed by atoms with Gasteiger partial charge in [0, 0.05) is 16.1 Å². The molecule has 0 fully saturated rings. The number of allylic oxidation sites excluding steroid dienone is 2. The lowest BCUT2D eigenvalue weighted by Crippen LogP contribution is -2.23. The van der Waals surface area contributed by atoms with Gasteiger partial charge in [0.05, 0.1) is 23.8 Å². The largest absolute Gasteiger partial charge is 0.455 e. The van der Waals surface area contributed by atoms with Crippen LogP contribution in [0.5, 0.6) is 0 Å². The van der Waals surface area contributed by atoms with E-state index in [2.05, 4.69) is 15.6 Å². The summed E-state index contributed by atoms with van der Waals surface area (Å²) in [5.74, 6) is -2.03. The van der Waals surface area contributed by atoms with Crippen molar-refractivity contribution >= 4 is 53.0 Å². The number of alkyl halides is 3. The summed E-state index contributed by atoms with van der Waals surface area (Å²) in [6.45, 7) is 5.56. The maximum absolute atomic E-state index is 11.9. The van der Waals surface area contributed by atoms with Crippen molar-refractivity contribution in [2.24, 2.45) is 5.10 Å². The predicted octanol–water partition coefficient (Wildman–Crippen LogP) is 7.13. The van der Waals surface area contributed by atoms with E-state index in [4.69, 9.17) is 23.2 Å². The third-order valence-corrected chi connectivity index (χ3v) is 5.19. The topological polar surface area (TPSA) is 76.3 Å². The number of nitrogens with one attached hydrogen (secondary N) is 1. The fourth-order valence-corrected chi connectivity index (χ4v) is 3.18. The Morgan fingerprint density at radius 2 is 1.59 bits per heavy atom. The smallest absolute Gasteiger partial charge is 0.283 e. The van der Waals surface area contributed by atoms with E-state index in [-0.39, 0.29) is 11.8 Å². The number of halogens is 5. The summed E-state index contributed by atoms with van der Waals surface area (Å²) in [4.78, 5) is 22.4. The molecule has 1 heterocycles. The normalized spacial score (nSPS) is 11.7. The van der Waals surface area contributed by atoms with Gasteiger partial charge in [0.2, 0.25) is 0 Å². The van der Waals surface area contributed by atoms with E-state index in [1.807, 2.05) is 32.1 Å². The molecule has 0 atom stereocenters. The van der Waals surface area contributed by atoms with Gasteiger partial charge in [0.1, 0.15) is 0 Å². The first kappa shape index (κ1) is 29.5. The summed E-state index contributed by atoms with van der Waals surface area (Å²) in [5, 5.41) is 8.49. The van der Waals surface area contributed by atoms with E-state index in [1.165, 1.54) is 10.7 Å². The van der Waals surface area contributed by atoms with E-state index in [9.17, 15) is 22.8 Å². The fourth-order valence-electron chi connectivity index (χ4n) is 2.82. The van der Waals surface area contributed by atoms with E-state index >= 15 is 0 Å². The van der Waals surface area contributed by atoms with Crippen molar-refractivity contribution in [3.8, 4) is 5.69 Å². The second-order valence-corrected chi connectivity index (χ2v) is 8.27. The molecule has 0 aliphatic heterocycles. The van der Waals surface area contributed by atoms with E-state index in [1.54, 1.807) is 55.6 Å². The monoisotopic (exact) mass is 550 g/mol. The van der Waals surface area contributed by atoms with Gasteiger partial charge in [-0.2, -0.15) is 28.1 Å². The van der Waals surface area contributed by atoms with Gasteiger partial charge < -0.3 is 0 Å². The SMILES string of the molecule is C/C=C/c1cc(-n2ncc(C)cc2=O)ccc1Cl.C/C=C/c1cc(N/N=C/C(=O)C(F)(F)F)ccc1Cl. The highest BCUT2D eigenvalue weighted by Crippen LogP contribution is 2.22. The standard InChI is InChI=1S/C14H13ClN2O.C12H10ClF3N2O/c1-3-4-11-8-12(5-6-13(11)15)17-14(18)7-10(2)9-16-17;1-2-3-8-6-9(4-5-10(8)13)18-17-7-11(19)12(14,15)16/h3-9H,1-2H3;2-7,18H,1H3/b4-3+;3-2+,17-7+. The second kappa shape index (κ2) is 13.6. The maximum Gasteiger partial charge on any atom is 0.455 e. The number of ketones is 1. The first-order valence-corrected chi connectivity index (χ1v) is 11.5. The molecule has 0 amide bonds. The number of rotatable bonds is 6. The molecule has 1 N–H and O–H groups in total. The molecule has 3 aromatic rings. The molecular weight excluding hydrogens is 528 g/mol. The number of hydrogen-bond acceptors (Lipinski definition) is 5. The average Bonchev–Trinajstić information content (AvgIpc) is 2.83. The Morgan fingerprint density at radius 3 is 2.16 bits per heavy atom. The van der Waals surface area contributed by atoms with E-state index in [0.29, 0.717) is 27.0 Å². The van der Waals surface area contributed by atoms with Crippen molar-refractivity contribution < 1.29 is 18.0 Å². The van der Waals surface area contributed by atoms with Crippen LogP contribution in [0, 0.1) is 6.92 Å². The number of anilines is 1. The highest BCUT2D eigenvalue weighted by Gasteiger charge is 2.36. The van der Waals surface area contributed by atoms with Crippen molar-refractivity contribution in [1.82, 2.24) is 9.78 Å². The zero-order chi connectivity index (χ0) is 27.6. The molecule has 0 aliphatic rings. The molecule has 194 valence electrons. The number of Topliss-reactive ketones (excluding diaryl/α,β-unsaturated/α-hetero) is 1. The summed E-state index contributed by atoms with van der Waals surface area (Å²) in [5.41, 5.74) is 5.71. The van der Waals surface area contributed by atoms with Crippen LogP contribution < -0.4 is 11.0 Å². The Bertz CT molecular complexity index is 1400. The molecule has 1 aromatic heterocycles. The molecule has 0 unspecified atom stereocenters. The quantitative estimate of drug-likeness (QED) is 0.261. The number of aromatic nitrogens is 2. The lowest BCUT2D eigenvalue weighted by Gasteiger charge is -2.06. The number of aryl methyl sites for hydroxylation is 1. The number of carbonyl (C=O) groups is 1. The van der Waals surface area contributed by atoms with Crippen molar-refractivity contribution in [2.75, 3.05) is 5.43 Å². The van der Waals surface area contributed by atoms with Crippen molar-refractivity contribution in [1.29, 1.82) is 0 Å². The van der Waals surface area contributed by atoms with Gasteiger partial charge in [-0.05, 0) is 73.9 Å². The van der Waals surface area contributed by atoms with Gasteiger partial charge in [0.15, 0.2) is 0 Å². The van der Waals surface area contributed by atoms with Crippen LogP contribution in [0.2, 0.25) is 10.0 Å². The summed E-state index contributed by atoms with van der Waals surface area (Å²) in [7, 11) is 0. The number of nitrogens with zero attached hydrogens (tertiary/aromatic N) is 3. The second-order valence-electron chi connectivity index (χ2n) is 7.46. The van der Waals surface area contributed by atoms with Gasteiger partial charge in [-0.15, -0.1) is 0 Å². The molecule has 0 saturated heterocycles. The zero-order valence-electron chi connectivity index (χ0n) is 20.1. The molecule has 0 saturated carbocycles. The molecule has 11 heteroatoms. The van der Waals surface area contributed by atoms with Crippen LogP contribution >= 0.6 is 23.2 Å². The van der Waals surface area contributed by atoms with Crippen LogP contribution in [0.3, 0.4) is 0 Å². The molecule has 0 aliphatic carbocycles. The first-order valence-electron chi connectivity index (χ1n) is 10.8. The predicted molar refractivity (Wildman–Crippen MR) is 144 cm³/mol. The third-order valence-electron chi connectivity index (χ3n) is 4.50. The molecule has 2 aromatic carbocycles. The number of hydrazone groups is 1. The molecule has 6 nitrogen and oxygen atoms in total. The summed E-state index contributed by atoms with van der Waals surface area (Å²) in [6, 6.07) is 11.6. The van der Waals surface area contributed by atoms with Gasteiger partial charge in [0.25, 0.3) is 11.3 Å². The maximum atomic E-state index is 11.9.